The van der Waals surface area contributed by atoms with E-state index in [1.807, 2.05) is 6.92 Å². The predicted molar refractivity (Wildman–Crippen MR) is 143 cm³/mol. The van der Waals surface area contributed by atoms with Gasteiger partial charge in [0.2, 0.25) is 5.91 Å². The van der Waals surface area contributed by atoms with E-state index in [-0.39, 0.29) is 35.4 Å². The van der Waals surface area contributed by atoms with Crippen LogP contribution in [0, 0.1) is 18.6 Å². The van der Waals surface area contributed by atoms with Crippen molar-refractivity contribution >= 4 is 23.2 Å². The fraction of sp³-hybridized carbons (Fsp3) is 0.250. The van der Waals surface area contributed by atoms with E-state index in [1.165, 1.54) is 12.1 Å². The molecular weight excluding hydrogens is 504 g/mol. The molecule has 0 unspecified atom stereocenters. The van der Waals surface area contributed by atoms with E-state index in [9.17, 15) is 13.6 Å². The average molecular weight is 532 g/mol. The summed E-state index contributed by atoms with van der Waals surface area (Å²) in [7, 11) is 0. The molecule has 3 heterocycles. The highest BCUT2D eigenvalue weighted by atomic mass is 19.1. The molecule has 1 saturated carbocycles. The van der Waals surface area contributed by atoms with Crippen LogP contribution in [0.25, 0.3) is 11.5 Å². The Bertz CT molecular complexity index is 1510. The first kappa shape index (κ1) is 26.0. The second-order valence-corrected chi connectivity index (χ2v) is 9.11. The van der Waals surface area contributed by atoms with Crippen LogP contribution in [0.2, 0.25) is 0 Å². The quantitative estimate of drug-likeness (QED) is 0.260. The Balaban J connectivity index is 1.56. The Morgan fingerprint density at radius 3 is 2.49 bits per heavy atom. The molecular formula is C28H27F2N7O2. The van der Waals surface area contributed by atoms with E-state index in [0.29, 0.717) is 18.1 Å². The van der Waals surface area contributed by atoms with Crippen molar-refractivity contribution in [3.63, 3.8) is 0 Å². The van der Waals surface area contributed by atoms with Crippen LogP contribution in [0.15, 0.2) is 55.4 Å². The molecule has 1 aromatic carbocycles. The number of nitrogens with one attached hydrogen (secondary N) is 2. The van der Waals surface area contributed by atoms with Gasteiger partial charge in [-0.3, -0.25) is 14.5 Å². The number of hydrogen-bond acceptors (Lipinski definition) is 7. The predicted octanol–water partition coefficient (Wildman–Crippen LogP) is 5.51. The Hall–Kier alpha value is -4.67. The summed E-state index contributed by atoms with van der Waals surface area (Å²) >= 11 is 0. The van der Waals surface area contributed by atoms with E-state index >= 15 is 0 Å². The molecule has 0 radical (unpaired) electrons. The molecule has 0 bridgehead atoms. The highest BCUT2D eigenvalue weighted by molar-refractivity contribution is 5.98. The minimum Gasteiger partial charge on any atom is -0.494 e. The zero-order valence-electron chi connectivity index (χ0n) is 21.5. The Morgan fingerprint density at radius 1 is 1.15 bits per heavy atom. The highest BCUT2D eigenvalue weighted by Crippen LogP contribution is 2.44. The lowest BCUT2D eigenvalue weighted by atomic mass is 10.1. The number of amides is 1. The Kier molecular flexibility index (Phi) is 7.31. The highest BCUT2D eigenvalue weighted by Gasteiger charge is 2.32. The van der Waals surface area contributed by atoms with Crippen LogP contribution in [0.4, 0.5) is 26.1 Å². The molecule has 0 aliphatic heterocycles. The molecule has 1 aliphatic rings. The van der Waals surface area contributed by atoms with Crippen molar-refractivity contribution in [2.24, 2.45) is 0 Å². The van der Waals surface area contributed by atoms with Crippen LogP contribution >= 0.6 is 0 Å². The van der Waals surface area contributed by atoms with E-state index in [4.69, 9.17) is 9.84 Å². The zero-order chi connectivity index (χ0) is 27.5. The number of aromatic nitrogens is 5. The number of ether oxygens (including phenoxy) is 1. The third-order valence-electron chi connectivity index (χ3n) is 6.26. The van der Waals surface area contributed by atoms with Gasteiger partial charge in [0.25, 0.3) is 0 Å². The molecule has 1 fully saturated rings. The lowest BCUT2D eigenvalue weighted by molar-refractivity contribution is -0.111. The first-order chi connectivity index (χ1) is 18.9. The maximum absolute atomic E-state index is 14.9. The number of carbonyl (C=O) groups is 1. The van der Waals surface area contributed by atoms with Crippen molar-refractivity contribution in [1.29, 1.82) is 0 Å². The maximum atomic E-state index is 14.9. The second-order valence-electron chi connectivity index (χ2n) is 9.11. The van der Waals surface area contributed by atoms with Crippen LogP contribution in [0.1, 0.15) is 42.5 Å². The molecule has 200 valence electrons. The molecule has 3 aromatic heterocycles. The standard InChI is InChI=1S/C28H27F2N7O2/c1-4-25(38)33-24-14-23(32-18-8-10-31-11-9-18)34-28(35-24)26-16(3)27(17-6-7-17)37(36-26)15-20-21(29)12-19(39-5-2)13-22(20)30/h4,8-14,17H,1,5-7,15H2,2-3H3,(H2,31,32,33,34,35,38). The topological polar surface area (TPSA) is 107 Å². The van der Waals surface area contributed by atoms with Gasteiger partial charge in [-0.25, -0.2) is 18.7 Å². The average Bonchev–Trinajstić information content (AvgIpc) is 3.69. The summed E-state index contributed by atoms with van der Waals surface area (Å²) < 4.78 is 36.7. The van der Waals surface area contributed by atoms with Gasteiger partial charge >= 0.3 is 0 Å². The minimum absolute atomic E-state index is 0.105. The number of rotatable bonds is 10. The van der Waals surface area contributed by atoms with Crippen molar-refractivity contribution in [1.82, 2.24) is 24.7 Å². The molecule has 2 N–H and O–H groups in total. The van der Waals surface area contributed by atoms with Gasteiger partial charge in [-0.05, 0) is 44.9 Å². The van der Waals surface area contributed by atoms with E-state index < -0.39 is 17.5 Å². The lowest BCUT2D eigenvalue weighted by Gasteiger charge is -2.11. The van der Waals surface area contributed by atoms with Gasteiger partial charge in [0.15, 0.2) is 5.82 Å². The van der Waals surface area contributed by atoms with Gasteiger partial charge in [-0.1, -0.05) is 6.58 Å². The third-order valence-corrected chi connectivity index (χ3v) is 6.26. The molecule has 1 aliphatic carbocycles. The van der Waals surface area contributed by atoms with Gasteiger partial charge in [0, 0.05) is 59.0 Å². The summed E-state index contributed by atoms with van der Waals surface area (Å²) in [5, 5.41) is 10.6. The minimum atomic E-state index is -0.705. The summed E-state index contributed by atoms with van der Waals surface area (Å²) in [5.74, 6) is -0.581. The van der Waals surface area contributed by atoms with E-state index in [0.717, 1.165) is 35.9 Å². The van der Waals surface area contributed by atoms with Gasteiger partial charge < -0.3 is 15.4 Å². The zero-order valence-corrected chi connectivity index (χ0v) is 21.5. The van der Waals surface area contributed by atoms with E-state index in [2.05, 4.69) is 32.2 Å². The maximum Gasteiger partial charge on any atom is 0.248 e. The molecule has 0 spiro atoms. The smallest absolute Gasteiger partial charge is 0.248 e. The number of pyridine rings is 1. The van der Waals surface area contributed by atoms with Crippen molar-refractivity contribution in [3.05, 3.63) is 83.8 Å². The number of benzene rings is 1. The first-order valence-electron chi connectivity index (χ1n) is 12.5. The van der Waals surface area contributed by atoms with Crippen LogP contribution in [0.3, 0.4) is 0 Å². The fourth-order valence-corrected chi connectivity index (χ4v) is 4.34. The summed E-state index contributed by atoms with van der Waals surface area (Å²) in [6, 6.07) is 7.50. The van der Waals surface area contributed by atoms with Gasteiger partial charge in [0.05, 0.1) is 13.2 Å². The number of anilines is 3. The Morgan fingerprint density at radius 2 is 1.85 bits per heavy atom. The summed E-state index contributed by atoms with van der Waals surface area (Å²) in [4.78, 5) is 25.2. The van der Waals surface area contributed by atoms with Crippen molar-refractivity contribution < 1.29 is 18.3 Å². The van der Waals surface area contributed by atoms with Crippen LogP contribution in [-0.4, -0.2) is 37.2 Å². The molecule has 0 saturated heterocycles. The molecule has 5 rings (SSSR count). The Labute approximate surface area is 224 Å². The van der Waals surface area contributed by atoms with Gasteiger partial charge in [0.1, 0.15) is 34.7 Å². The number of halogens is 2. The summed E-state index contributed by atoms with van der Waals surface area (Å²) in [6.45, 7) is 7.33. The monoisotopic (exact) mass is 531 g/mol. The van der Waals surface area contributed by atoms with Crippen molar-refractivity contribution in [3.8, 4) is 17.3 Å². The van der Waals surface area contributed by atoms with Crippen LogP contribution in [-0.2, 0) is 11.3 Å². The lowest BCUT2D eigenvalue weighted by Crippen LogP contribution is -2.11. The van der Waals surface area contributed by atoms with Crippen LogP contribution < -0.4 is 15.4 Å². The van der Waals surface area contributed by atoms with E-state index in [1.54, 1.807) is 42.2 Å². The molecule has 11 heteroatoms. The SMILES string of the molecule is C=CC(=O)Nc1cc(Nc2ccncc2)nc(-c2nn(Cc3c(F)cc(OCC)cc3F)c(C3CC3)c2C)n1. The molecule has 1 amide bonds. The molecule has 0 atom stereocenters. The summed E-state index contributed by atoms with van der Waals surface area (Å²) in [6.07, 6.45) is 6.31. The summed E-state index contributed by atoms with van der Waals surface area (Å²) in [5.41, 5.74) is 2.77. The second kappa shape index (κ2) is 11.0. The van der Waals surface area contributed by atoms with Gasteiger partial charge in [-0.15, -0.1) is 0 Å². The number of nitrogens with zero attached hydrogens (tertiary/aromatic N) is 5. The third kappa shape index (κ3) is 5.77. The molecule has 39 heavy (non-hydrogen) atoms. The normalized spacial score (nSPS) is 12.7. The fourth-order valence-electron chi connectivity index (χ4n) is 4.34. The van der Waals surface area contributed by atoms with Crippen LogP contribution in [0.5, 0.6) is 5.75 Å². The van der Waals surface area contributed by atoms with Crippen molar-refractivity contribution in [2.75, 3.05) is 17.2 Å². The molecule has 4 aromatic rings. The first-order valence-corrected chi connectivity index (χ1v) is 12.5. The van der Waals surface area contributed by atoms with Crippen molar-refractivity contribution in [2.45, 2.75) is 39.2 Å². The van der Waals surface area contributed by atoms with Gasteiger partial charge in [-0.2, -0.15) is 5.10 Å². The number of hydrogen-bond donors (Lipinski definition) is 2. The largest absolute Gasteiger partial charge is 0.494 e. The molecule has 9 nitrogen and oxygen atoms in total. The number of carbonyl (C=O) groups excluding carboxylic acids is 1.